The number of ether oxygens (including phenoxy) is 2. The van der Waals surface area contributed by atoms with Crippen molar-refractivity contribution in [3.8, 4) is 0 Å². The van der Waals surface area contributed by atoms with E-state index in [4.69, 9.17) is 14.6 Å². The highest BCUT2D eigenvalue weighted by Gasteiger charge is 2.51. The Balaban J connectivity index is 1.50. The van der Waals surface area contributed by atoms with Gasteiger partial charge in [-0.2, -0.15) is 0 Å². The number of carboxylic acids is 1. The number of hydrogen-bond acceptors (Lipinski definition) is 5. The van der Waals surface area contributed by atoms with E-state index >= 15 is 0 Å². The van der Waals surface area contributed by atoms with Gasteiger partial charge in [-0.1, -0.05) is 0 Å². The molecule has 2 bridgehead atoms. The number of aliphatic carboxylic acids is 1. The summed E-state index contributed by atoms with van der Waals surface area (Å²) in [4.78, 5) is 25.6. The van der Waals surface area contributed by atoms with E-state index in [2.05, 4.69) is 10.2 Å². The molecule has 4 aliphatic rings. The van der Waals surface area contributed by atoms with Crippen molar-refractivity contribution in [2.75, 3.05) is 26.2 Å². The van der Waals surface area contributed by atoms with Crippen molar-refractivity contribution in [2.45, 2.75) is 76.0 Å². The number of carbonyl (C=O) groups excluding carboxylic acids is 1. The number of fused-ring (bicyclic) bond motifs is 3. The second-order valence-corrected chi connectivity index (χ2v) is 9.27. The fourth-order valence-corrected chi connectivity index (χ4v) is 4.39. The molecule has 7 heteroatoms. The zero-order chi connectivity index (χ0) is 19.0. The summed E-state index contributed by atoms with van der Waals surface area (Å²) >= 11 is 0. The van der Waals surface area contributed by atoms with Gasteiger partial charge >= 0.3 is 12.1 Å². The standard InChI is InChI=1S/C19H32N2O5/c1-17(2,3)26-16(24)20-18-6-8-19(9-7-18,25-13-18)12-21-10-4-14(5-11-21)15(22)23/h14H,4-13H2,1-3H3,(H,20,24)(H,22,23). The van der Waals surface area contributed by atoms with Gasteiger partial charge in [-0.15, -0.1) is 0 Å². The van der Waals surface area contributed by atoms with E-state index in [9.17, 15) is 9.59 Å². The first-order chi connectivity index (χ1) is 12.1. The predicted octanol–water partition coefficient (Wildman–Crippen LogP) is 2.39. The summed E-state index contributed by atoms with van der Waals surface area (Å²) in [5.74, 6) is -0.875. The number of rotatable bonds is 4. The maximum Gasteiger partial charge on any atom is 0.408 e. The molecule has 0 radical (unpaired) electrons. The molecule has 0 aromatic rings. The van der Waals surface area contributed by atoms with Gasteiger partial charge < -0.3 is 24.8 Å². The SMILES string of the molecule is CC(C)(C)OC(=O)NC12CCC(CN3CCC(C(=O)O)CC3)(CC1)OC2. The fraction of sp³-hybridized carbons (Fsp3) is 0.895. The summed E-state index contributed by atoms with van der Waals surface area (Å²) in [5.41, 5.74) is -0.954. The van der Waals surface area contributed by atoms with Crippen LogP contribution >= 0.6 is 0 Å². The van der Waals surface area contributed by atoms with Crippen LogP contribution in [0.5, 0.6) is 0 Å². The summed E-state index contributed by atoms with van der Waals surface area (Å²) in [5, 5.41) is 12.2. The molecule has 7 nitrogen and oxygen atoms in total. The number of carboxylic acid groups (broad SMARTS) is 1. The molecule has 1 aliphatic carbocycles. The van der Waals surface area contributed by atoms with Crippen LogP contribution in [-0.2, 0) is 14.3 Å². The molecular formula is C19H32N2O5. The molecule has 26 heavy (non-hydrogen) atoms. The van der Waals surface area contributed by atoms with Crippen molar-refractivity contribution in [1.82, 2.24) is 10.2 Å². The zero-order valence-electron chi connectivity index (χ0n) is 16.2. The second-order valence-electron chi connectivity index (χ2n) is 9.27. The number of hydrogen-bond donors (Lipinski definition) is 2. The summed E-state index contributed by atoms with van der Waals surface area (Å²) < 4.78 is 11.6. The van der Waals surface area contributed by atoms with Crippen LogP contribution in [0.4, 0.5) is 4.79 Å². The number of nitrogens with one attached hydrogen (secondary N) is 1. The van der Waals surface area contributed by atoms with Gasteiger partial charge in [0.15, 0.2) is 0 Å². The molecule has 1 amide bonds. The van der Waals surface area contributed by atoms with E-state index in [1.54, 1.807) is 0 Å². The van der Waals surface area contributed by atoms with E-state index in [1.165, 1.54) is 0 Å². The number of carbonyl (C=O) groups is 2. The summed E-state index contributed by atoms with van der Waals surface area (Å²) in [6, 6.07) is 0. The molecule has 1 saturated carbocycles. The van der Waals surface area contributed by atoms with Crippen LogP contribution in [0.3, 0.4) is 0 Å². The van der Waals surface area contributed by atoms with Crippen molar-refractivity contribution in [1.29, 1.82) is 0 Å². The Bertz CT molecular complexity index is 524. The van der Waals surface area contributed by atoms with E-state index in [0.717, 1.165) is 58.2 Å². The van der Waals surface area contributed by atoms with Crippen LogP contribution in [-0.4, -0.2) is 65.1 Å². The van der Waals surface area contributed by atoms with Gasteiger partial charge in [-0.25, -0.2) is 4.79 Å². The average Bonchev–Trinajstić information content (AvgIpc) is 2.55. The Morgan fingerprint density at radius 2 is 1.81 bits per heavy atom. The smallest absolute Gasteiger partial charge is 0.408 e. The monoisotopic (exact) mass is 368 g/mol. The molecule has 4 fully saturated rings. The zero-order valence-corrected chi connectivity index (χ0v) is 16.2. The first-order valence-corrected chi connectivity index (χ1v) is 9.71. The third kappa shape index (κ3) is 4.49. The number of amides is 1. The minimum atomic E-state index is -0.674. The van der Waals surface area contributed by atoms with Gasteiger partial charge in [0.05, 0.1) is 23.7 Å². The molecule has 0 aromatic carbocycles. The molecule has 0 spiro atoms. The first-order valence-electron chi connectivity index (χ1n) is 9.71. The minimum Gasteiger partial charge on any atom is -0.481 e. The normalized spacial score (nSPS) is 33.0. The quantitative estimate of drug-likeness (QED) is 0.792. The van der Waals surface area contributed by atoms with Crippen molar-refractivity contribution in [3.63, 3.8) is 0 Å². The molecule has 0 aromatic heterocycles. The Kier molecular flexibility index (Phi) is 5.23. The topological polar surface area (TPSA) is 88.1 Å². The highest BCUT2D eigenvalue weighted by molar-refractivity contribution is 5.70. The van der Waals surface area contributed by atoms with Crippen LogP contribution in [0.15, 0.2) is 0 Å². The predicted molar refractivity (Wildman–Crippen MR) is 96.1 cm³/mol. The largest absolute Gasteiger partial charge is 0.481 e. The Hall–Kier alpha value is -1.34. The third-order valence-corrected chi connectivity index (χ3v) is 5.99. The van der Waals surface area contributed by atoms with Gasteiger partial charge in [-0.3, -0.25) is 4.79 Å². The number of likely N-dealkylation sites (tertiary alicyclic amines) is 1. The van der Waals surface area contributed by atoms with Gasteiger partial charge in [0.2, 0.25) is 0 Å². The number of alkyl carbamates (subject to hydrolysis) is 1. The molecule has 4 rings (SSSR count). The van der Waals surface area contributed by atoms with E-state index in [1.807, 2.05) is 20.8 Å². The lowest BCUT2D eigenvalue weighted by Crippen LogP contribution is -2.65. The highest BCUT2D eigenvalue weighted by atomic mass is 16.6. The molecule has 0 unspecified atom stereocenters. The maximum absolute atomic E-state index is 12.1. The molecule has 3 saturated heterocycles. The fourth-order valence-electron chi connectivity index (χ4n) is 4.39. The van der Waals surface area contributed by atoms with Crippen LogP contribution < -0.4 is 5.32 Å². The number of nitrogens with zero attached hydrogens (tertiary/aromatic N) is 1. The lowest BCUT2D eigenvalue weighted by molar-refractivity contribution is -0.172. The van der Waals surface area contributed by atoms with Crippen LogP contribution in [0.1, 0.15) is 59.3 Å². The first kappa shape index (κ1) is 19.4. The Morgan fingerprint density at radius 3 is 2.27 bits per heavy atom. The highest BCUT2D eigenvalue weighted by Crippen LogP contribution is 2.44. The van der Waals surface area contributed by atoms with Gasteiger partial charge in [0.1, 0.15) is 5.60 Å². The van der Waals surface area contributed by atoms with Gasteiger partial charge in [0.25, 0.3) is 0 Å². The van der Waals surface area contributed by atoms with Crippen molar-refractivity contribution in [2.24, 2.45) is 5.92 Å². The third-order valence-electron chi connectivity index (χ3n) is 5.99. The molecular weight excluding hydrogens is 336 g/mol. The lowest BCUT2D eigenvalue weighted by atomic mass is 9.71. The Morgan fingerprint density at radius 1 is 1.19 bits per heavy atom. The molecule has 3 heterocycles. The second kappa shape index (κ2) is 7.00. The van der Waals surface area contributed by atoms with Crippen molar-refractivity contribution >= 4 is 12.1 Å². The van der Waals surface area contributed by atoms with Crippen molar-refractivity contribution < 1.29 is 24.2 Å². The van der Waals surface area contributed by atoms with E-state index in [-0.39, 0.29) is 23.2 Å². The van der Waals surface area contributed by atoms with Crippen molar-refractivity contribution in [3.05, 3.63) is 0 Å². The summed E-state index contributed by atoms with van der Waals surface area (Å²) in [6.45, 7) is 8.62. The molecule has 2 N–H and O–H groups in total. The maximum atomic E-state index is 12.1. The van der Waals surface area contributed by atoms with Crippen LogP contribution in [0.2, 0.25) is 0 Å². The van der Waals surface area contributed by atoms with E-state index in [0.29, 0.717) is 6.61 Å². The molecule has 0 atom stereocenters. The molecule has 3 aliphatic heterocycles. The summed E-state index contributed by atoms with van der Waals surface area (Å²) in [7, 11) is 0. The summed E-state index contributed by atoms with van der Waals surface area (Å²) in [6.07, 6.45) is 4.70. The average molecular weight is 368 g/mol. The lowest BCUT2D eigenvalue weighted by Gasteiger charge is -2.54. The van der Waals surface area contributed by atoms with Crippen LogP contribution in [0.25, 0.3) is 0 Å². The van der Waals surface area contributed by atoms with Gasteiger partial charge in [-0.05, 0) is 72.4 Å². The molecule has 148 valence electrons. The number of piperidine rings is 1. The van der Waals surface area contributed by atoms with Gasteiger partial charge in [0, 0.05) is 6.54 Å². The Labute approximate surface area is 155 Å². The van der Waals surface area contributed by atoms with Crippen LogP contribution in [0, 0.1) is 5.92 Å². The minimum absolute atomic E-state index is 0.145. The van der Waals surface area contributed by atoms with E-state index < -0.39 is 11.6 Å².